The molecular formula is C15H14N2O7S. The molecule has 0 fully saturated rings. The van der Waals surface area contributed by atoms with E-state index < -0.39 is 43.7 Å². The van der Waals surface area contributed by atoms with Gasteiger partial charge in [-0.1, -0.05) is 30.3 Å². The Morgan fingerprint density at radius 1 is 1.20 bits per heavy atom. The first-order valence-electron chi connectivity index (χ1n) is 7.06. The highest BCUT2D eigenvalue weighted by Gasteiger charge is 2.27. The quantitative estimate of drug-likeness (QED) is 0.552. The predicted octanol–water partition coefficient (Wildman–Crippen LogP) is 1.82. The predicted molar refractivity (Wildman–Crippen MR) is 86.0 cm³/mol. The Balaban J connectivity index is 2.25. The van der Waals surface area contributed by atoms with Crippen LogP contribution < -0.4 is 4.74 Å². The van der Waals surface area contributed by atoms with Crippen molar-refractivity contribution in [2.75, 3.05) is 5.75 Å². The van der Waals surface area contributed by atoms with Crippen LogP contribution in [0.5, 0.6) is 5.75 Å². The molecule has 0 atom stereocenters. The molecule has 0 radical (unpaired) electrons. The minimum absolute atomic E-state index is 0.0501. The molecule has 1 N–H and O–H groups in total. The third-order valence-electron chi connectivity index (χ3n) is 3.13. The van der Waals surface area contributed by atoms with Crippen LogP contribution in [0.15, 0.2) is 47.5 Å². The van der Waals surface area contributed by atoms with Gasteiger partial charge in [0.15, 0.2) is 0 Å². The molecule has 10 heteroatoms. The van der Waals surface area contributed by atoms with Gasteiger partial charge in [-0.2, -0.15) is 0 Å². The molecule has 0 spiro atoms. The topological polar surface area (TPSA) is 137 Å². The highest BCUT2D eigenvalue weighted by molar-refractivity contribution is 7.91. The van der Waals surface area contributed by atoms with Crippen molar-refractivity contribution in [3.8, 4) is 5.75 Å². The van der Waals surface area contributed by atoms with Crippen LogP contribution in [0.25, 0.3) is 0 Å². The van der Waals surface area contributed by atoms with E-state index in [0.29, 0.717) is 0 Å². The van der Waals surface area contributed by atoms with Crippen molar-refractivity contribution < 1.29 is 28.0 Å². The number of carbonyl (C=O) groups is 1. The molecule has 1 aromatic heterocycles. The van der Waals surface area contributed by atoms with Crippen molar-refractivity contribution in [3.63, 3.8) is 0 Å². The van der Waals surface area contributed by atoms with Gasteiger partial charge in [-0.15, -0.1) is 0 Å². The largest absolute Gasteiger partial charge is 0.481 e. The van der Waals surface area contributed by atoms with Crippen LogP contribution in [0.4, 0.5) is 5.82 Å². The van der Waals surface area contributed by atoms with E-state index in [0.717, 1.165) is 17.7 Å². The molecule has 0 aliphatic rings. The third kappa shape index (κ3) is 4.98. The summed E-state index contributed by atoms with van der Waals surface area (Å²) in [5, 5.41) is 19.2. The number of aliphatic carboxylic acids is 1. The average molecular weight is 366 g/mol. The zero-order valence-electron chi connectivity index (χ0n) is 12.9. The molecule has 25 heavy (non-hydrogen) atoms. The summed E-state index contributed by atoms with van der Waals surface area (Å²) in [6, 6.07) is 11.1. The Morgan fingerprint density at radius 2 is 1.88 bits per heavy atom. The van der Waals surface area contributed by atoms with Gasteiger partial charge in [-0.05, 0) is 21.5 Å². The highest BCUT2D eigenvalue weighted by atomic mass is 32.2. The van der Waals surface area contributed by atoms with E-state index >= 15 is 0 Å². The number of nitrogens with zero attached hydrogens (tertiary/aromatic N) is 2. The fourth-order valence-electron chi connectivity index (χ4n) is 1.90. The van der Waals surface area contributed by atoms with Crippen molar-refractivity contribution >= 4 is 21.6 Å². The molecule has 132 valence electrons. The summed E-state index contributed by atoms with van der Waals surface area (Å²) >= 11 is 0. The first-order valence-corrected chi connectivity index (χ1v) is 8.71. The fraction of sp³-hybridized carbons (Fsp3) is 0.200. The molecule has 2 aromatic rings. The molecule has 0 aliphatic heterocycles. The maximum absolute atomic E-state index is 12.0. The number of ether oxygens (including phenoxy) is 1. The van der Waals surface area contributed by atoms with E-state index in [1.807, 2.05) is 6.07 Å². The number of hydrogen-bond acceptors (Lipinski definition) is 7. The summed E-state index contributed by atoms with van der Waals surface area (Å²) in [6.07, 6.45) is -0.621. The number of nitro groups is 1. The van der Waals surface area contributed by atoms with E-state index in [1.165, 1.54) is 0 Å². The SMILES string of the molecule is O=C(O)CCS(=O)(=O)c1ccc(OCc2ccccc2)c([N+](=O)[O-])n1. The van der Waals surface area contributed by atoms with Gasteiger partial charge in [-0.3, -0.25) is 4.79 Å². The van der Waals surface area contributed by atoms with Crippen LogP contribution in [-0.4, -0.2) is 35.2 Å². The van der Waals surface area contributed by atoms with E-state index in [2.05, 4.69) is 4.98 Å². The van der Waals surface area contributed by atoms with Gasteiger partial charge < -0.3 is 20.0 Å². The molecule has 0 amide bonds. The van der Waals surface area contributed by atoms with Crippen molar-refractivity contribution in [2.45, 2.75) is 18.1 Å². The van der Waals surface area contributed by atoms with Crippen LogP contribution in [0.2, 0.25) is 0 Å². The van der Waals surface area contributed by atoms with Gasteiger partial charge in [0.25, 0.3) is 5.03 Å². The second-order valence-electron chi connectivity index (χ2n) is 4.97. The third-order valence-corrected chi connectivity index (χ3v) is 4.73. The second kappa shape index (κ2) is 7.71. The Labute approximate surface area is 143 Å². The minimum atomic E-state index is -4.05. The molecule has 0 aliphatic carbocycles. The number of carboxylic acid groups (broad SMARTS) is 1. The normalized spacial score (nSPS) is 11.0. The number of rotatable bonds is 8. The maximum atomic E-state index is 12.0. The van der Waals surface area contributed by atoms with Crippen molar-refractivity contribution in [3.05, 3.63) is 58.1 Å². The van der Waals surface area contributed by atoms with E-state index in [4.69, 9.17) is 9.84 Å². The number of benzene rings is 1. The Morgan fingerprint density at radius 3 is 2.48 bits per heavy atom. The fourth-order valence-corrected chi connectivity index (χ4v) is 3.05. The number of aromatic nitrogens is 1. The number of carboxylic acids is 1. The summed E-state index contributed by atoms with van der Waals surface area (Å²) in [5.74, 6) is -2.91. The molecule has 0 saturated carbocycles. The summed E-state index contributed by atoms with van der Waals surface area (Å²) in [6.45, 7) is 0.0501. The zero-order valence-corrected chi connectivity index (χ0v) is 13.7. The summed E-state index contributed by atoms with van der Waals surface area (Å²) in [7, 11) is -4.05. The van der Waals surface area contributed by atoms with Gasteiger partial charge in [0.1, 0.15) is 6.61 Å². The number of sulfone groups is 1. The summed E-state index contributed by atoms with van der Waals surface area (Å²) < 4.78 is 29.4. The summed E-state index contributed by atoms with van der Waals surface area (Å²) in [5.41, 5.74) is 0.773. The van der Waals surface area contributed by atoms with Crippen molar-refractivity contribution in [1.29, 1.82) is 0 Å². The van der Waals surface area contributed by atoms with Gasteiger partial charge in [0, 0.05) is 6.07 Å². The van der Waals surface area contributed by atoms with Crippen LogP contribution in [0.3, 0.4) is 0 Å². The maximum Gasteiger partial charge on any atom is 0.407 e. The lowest BCUT2D eigenvalue weighted by Gasteiger charge is -2.07. The van der Waals surface area contributed by atoms with Crippen LogP contribution in [0, 0.1) is 10.1 Å². The Bertz CT molecular complexity index is 882. The molecule has 0 unspecified atom stereocenters. The van der Waals surface area contributed by atoms with Crippen LogP contribution >= 0.6 is 0 Å². The van der Waals surface area contributed by atoms with Crippen LogP contribution in [0.1, 0.15) is 12.0 Å². The molecule has 1 heterocycles. The smallest absolute Gasteiger partial charge is 0.407 e. The minimum Gasteiger partial charge on any atom is -0.481 e. The highest BCUT2D eigenvalue weighted by Crippen LogP contribution is 2.27. The second-order valence-corrected chi connectivity index (χ2v) is 7.02. The van der Waals surface area contributed by atoms with E-state index in [-0.39, 0.29) is 12.4 Å². The van der Waals surface area contributed by atoms with Gasteiger partial charge in [-0.25, -0.2) is 8.42 Å². The number of hydrogen-bond donors (Lipinski definition) is 1. The van der Waals surface area contributed by atoms with Gasteiger partial charge >= 0.3 is 11.8 Å². The average Bonchev–Trinajstić information content (AvgIpc) is 2.59. The lowest BCUT2D eigenvalue weighted by atomic mass is 10.2. The van der Waals surface area contributed by atoms with Gasteiger partial charge in [0.2, 0.25) is 15.6 Å². The Kier molecular flexibility index (Phi) is 5.65. The lowest BCUT2D eigenvalue weighted by molar-refractivity contribution is -0.391. The van der Waals surface area contributed by atoms with Gasteiger partial charge in [0.05, 0.1) is 12.2 Å². The molecule has 0 bridgehead atoms. The first kappa shape index (κ1) is 18.3. The molecule has 1 aromatic carbocycles. The monoisotopic (exact) mass is 366 g/mol. The van der Waals surface area contributed by atoms with E-state index in [1.54, 1.807) is 24.3 Å². The molecule has 2 rings (SSSR count). The van der Waals surface area contributed by atoms with Crippen molar-refractivity contribution in [2.24, 2.45) is 0 Å². The van der Waals surface area contributed by atoms with E-state index in [9.17, 15) is 23.3 Å². The molecular weight excluding hydrogens is 352 g/mol. The Hall–Kier alpha value is -3.01. The lowest BCUT2D eigenvalue weighted by Crippen LogP contribution is -2.13. The molecule has 9 nitrogen and oxygen atoms in total. The zero-order chi connectivity index (χ0) is 18.4. The summed E-state index contributed by atoms with van der Waals surface area (Å²) in [4.78, 5) is 24.3. The van der Waals surface area contributed by atoms with Crippen LogP contribution in [-0.2, 0) is 21.2 Å². The molecule has 0 saturated heterocycles. The van der Waals surface area contributed by atoms with Crippen molar-refractivity contribution in [1.82, 2.24) is 4.98 Å². The number of pyridine rings is 1. The first-order chi connectivity index (χ1) is 11.8. The standard InChI is InChI=1S/C15H14N2O7S/c18-14(19)8-9-25(22,23)13-7-6-12(15(16-13)17(20)21)24-10-11-4-2-1-3-5-11/h1-7H,8-10H2,(H,18,19).